The first kappa shape index (κ1) is 19.2. The zero-order valence-electron chi connectivity index (χ0n) is 16.8. The van der Waals surface area contributed by atoms with Crippen molar-refractivity contribution < 1.29 is 9.21 Å². The molecule has 0 radical (unpaired) electrons. The van der Waals surface area contributed by atoms with E-state index in [1.165, 1.54) is 6.42 Å². The van der Waals surface area contributed by atoms with Gasteiger partial charge in [-0.3, -0.25) is 4.79 Å². The molecule has 2 aliphatic rings. The highest BCUT2D eigenvalue weighted by Crippen LogP contribution is 2.49. The minimum Gasteiger partial charge on any atom is -0.450 e. The van der Waals surface area contributed by atoms with Crippen molar-refractivity contribution in [3.63, 3.8) is 0 Å². The summed E-state index contributed by atoms with van der Waals surface area (Å²) in [5.41, 5.74) is 2.38. The molecule has 28 heavy (non-hydrogen) atoms. The van der Waals surface area contributed by atoms with E-state index in [-0.39, 0.29) is 11.4 Å². The molecule has 2 heterocycles. The van der Waals surface area contributed by atoms with Crippen molar-refractivity contribution in [2.45, 2.75) is 51.5 Å². The lowest BCUT2D eigenvalue weighted by atomic mass is 9.74. The molecule has 1 fully saturated rings. The Balaban J connectivity index is 1.85. The van der Waals surface area contributed by atoms with Crippen LogP contribution in [0.5, 0.6) is 0 Å². The van der Waals surface area contributed by atoms with Crippen molar-refractivity contribution >= 4 is 34.2 Å². The van der Waals surface area contributed by atoms with Crippen molar-refractivity contribution in [1.29, 1.82) is 0 Å². The number of rotatable bonds is 3. The Bertz CT molecular complexity index is 941. The molecule has 0 bridgehead atoms. The van der Waals surface area contributed by atoms with Gasteiger partial charge in [0.15, 0.2) is 5.76 Å². The standard InChI is InChI=1S/C22H28ClN3O2/c1-13(2)12-26(4)21(27)17-11-15-10-16(23)19-18(20(15)28-17)22(25-14(3)24-19)8-6-5-7-9-22/h10-11,13,24-25H,3,5-9,12H2,1-2,4H3. The van der Waals surface area contributed by atoms with Crippen molar-refractivity contribution in [2.24, 2.45) is 5.92 Å². The first-order valence-corrected chi connectivity index (χ1v) is 10.4. The fourth-order valence-corrected chi connectivity index (χ4v) is 4.98. The van der Waals surface area contributed by atoms with Crippen LogP contribution in [0.25, 0.3) is 11.0 Å². The van der Waals surface area contributed by atoms with Gasteiger partial charge in [0.1, 0.15) is 5.58 Å². The molecule has 1 saturated carbocycles. The SMILES string of the molecule is C=C1Nc2c(Cl)cc3cc(C(=O)N(C)CC(C)C)oc3c2C2(CCCCC2)N1. The highest BCUT2D eigenvalue weighted by atomic mass is 35.5. The summed E-state index contributed by atoms with van der Waals surface area (Å²) in [4.78, 5) is 14.6. The van der Waals surface area contributed by atoms with Crippen LogP contribution in [0.1, 0.15) is 62.1 Å². The third-order valence-electron chi connectivity index (χ3n) is 5.81. The summed E-state index contributed by atoms with van der Waals surface area (Å²) < 4.78 is 6.19. The fourth-order valence-electron chi connectivity index (χ4n) is 4.72. The molecule has 1 amide bonds. The van der Waals surface area contributed by atoms with Crippen molar-refractivity contribution in [3.05, 3.63) is 40.9 Å². The number of furan rings is 1. The molecule has 1 aliphatic carbocycles. The van der Waals surface area contributed by atoms with Crippen LogP contribution in [-0.2, 0) is 5.54 Å². The van der Waals surface area contributed by atoms with Crippen LogP contribution in [-0.4, -0.2) is 24.4 Å². The number of hydrogen-bond acceptors (Lipinski definition) is 4. The number of nitrogens with zero attached hydrogens (tertiary/aromatic N) is 1. The molecule has 150 valence electrons. The summed E-state index contributed by atoms with van der Waals surface area (Å²) >= 11 is 6.64. The maximum Gasteiger partial charge on any atom is 0.289 e. The number of carbonyl (C=O) groups excluding carboxylic acids is 1. The maximum atomic E-state index is 12.9. The minimum absolute atomic E-state index is 0.103. The molecule has 4 rings (SSSR count). The van der Waals surface area contributed by atoms with Gasteiger partial charge in [-0.15, -0.1) is 0 Å². The summed E-state index contributed by atoms with van der Waals surface area (Å²) in [7, 11) is 1.81. The predicted octanol–water partition coefficient (Wildman–Crippen LogP) is 5.46. The molecular formula is C22H28ClN3O2. The van der Waals surface area contributed by atoms with Gasteiger partial charge in [0.25, 0.3) is 5.91 Å². The lowest BCUT2D eigenvalue weighted by Crippen LogP contribution is -2.48. The smallest absolute Gasteiger partial charge is 0.289 e. The lowest BCUT2D eigenvalue weighted by Gasteiger charge is -2.44. The van der Waals surface area contributed by atoms with Gasteiger partial charge in [-0.05, 0) is 30.9 Å². The molecule has 2 aromatic rings. The second-order valence-corrected chi connectivity index (χ2v) is 9.00. The molecule has 1 aromatic heterocycles. The van der Waals surface area contributed by atoms with Gasteiger partial charge >= 0.3 is 0 Å². The van der Waals surface area contributed by atoms with Gasteiger partial charge in [-0.25, -0.2) is 0 Å². The first-order valence-electron chi connectivity index (χ1n) is 10.1. The van der Waals surface area contributed by atoms with Crippen molar-refractivity contribution in [2.75, 3.05) is 18.9 Å². The topological polar surface area (TPSA) is 57.5 Å². The van der Waals surface area contributed by atoms with E-state index in [2.05, 4.69) is 31.1 Å². The summed E-state index contributed by atoms with van der Waals surface area (Å²) in [6, 6.07) is 3.70. The van der Waals surface area contributed by atoms with E-state index in [1.54, 1.807) is 4.90 Å². The molecule has 0 saturated heterocycles. The monoisotopic (exact) mass is 401 g/mol. The average Bonchev–Trinajstić information content (AvgIpc) is 3.04. The minimum atomic E-state index is -0.249. The highest BCUT2D eigenvalue weighted by molar-refractivity contribution is 6.34. The first-order chi connectivity index (χ1) is 13.3. The third-order valence-corrected chi connectivity index (χ3v) is 6.11. The summed E-state index contributed by atoms with van der Waals surface area (Å²) in [6.45, 7) is 8.96. The summed E-state index contributed by atoms with van der Waals surface area (Å²) in [6.07, 6.45) is 5.49. The Kier molecular flexibility index (Phi) is 4.82. The Hall–Kier alpha value is -2.14. The quantitative estimate of drug-likeness (QED) is 0.716. The zero-order valence-corrected chi connectivity index (χ0v) is 17.6. The van der Waals surface area contributed by atoms with E-state index in [0.29, 0.717) is 23.2 Å². The van der Waals surface area contributed by atoms with Gasteiger partial charge in [0.2, 0.25) is 0 Å². The number of nitrogens with one attached hydrogen (secondary N) is 2. The number of anilines is 1. The van der Waals surface area contributed by atoms with Crippen molar-refractivity contribution in [1.82, 2.24) is 10.2 Å². The van der Waals surface area contributed by atoms with Crippen LogP contribution < -0.4 is 10.6 Å². The van der Waals surface area contributed by atoms with Gasteiger partial charge in [-0.1, -0.05) is 51.3 Å². The number of carbonyl (C=O) groups is 1. The van der Waals surface area contributed by atoms with E-state index in [1.807, 2.05) is 19.2 Å². The van der Waals surface area contributed by atoms with E-state index in [4.69, 9.17) is 16.0 Å². The Labute approximate surface area is 171 Å². The highest BCUT2D eigenvalue weighted by Gasteiger charge is 2.42. The van der Waals surface area contributed by atoms with Gasteiger partial charge in [0.05, 0.1) is 22.1 Å². The molecule has 1 spiro atoms. The van der Waals surface area contributed by atoms with E-state index in [0.717, 1.165) is 53.7 Å². The molecule has 0 unspecified atom stereocenters. The summed E-state index contributed by atoms with van der Waals surface area (Å²) in [5, 5.41) is 8.36. The molecule has 1 aliphatic heterocycles. The Morgan fingerprint density at radius 3 is 2.71 bits per heavy atom. The number of amides is 1. The molecule has 6 heteroatoms. The average molecular weight is 402 g/mol. The molecular weight excluding hydrogens is 374 g/mol. The zero-order chi connectivity index (χ0) is 20.1. The lowest BCUT2D eigenvalue weighted by molar-refractivity contribution is 0.0749. The molecule has 0 atom stereocenters. The maximum absolute atomic E-state index is 12.9. The molecule has 1 aromatic carbocycles. The second-order valence-electron chi connectivity index (χ2n) is 8.59. The third kappa shape index (κ3) is 3.16. The largest absolute Gasteiger partial charge is 0.450 e. The number of benzene rings is 1. The van der Waals surface area contributed by atoms with Gasteiger partial charge in [0, 0.05) is 24.5 Å². The van der Waals surface area contributed by atoms with Crippen LogP contribution in [0.3, 0.4) is 0 Å². The van der Waals surface area contributed by atoms with Crippen molar-refractivity contribution in [3.8, 4) is 0 Å². The second kappa shape index (κ2) is 7.03. The number of fused-ring (bicyclic) bond motifs is 4. The fraction of sp³-hybridized carbons (Fsp3) is 0.500. The Morgan fingerprint density at radius 1 is 1.32 bits per heavy atom. The van der Waals surface area contributed by atoms with Gasteiger partial charge in [-0.2, -0.15) is 0 Å². The predicted molar refractivity (Wildman–Crippen MR) is 114 cm³/mol. The normalized spacial score (nSPS) is 18.1. The summed E-state index contributed by atoms with van der Waals surface area (Å²) in [5.74, 6) is 1.41. The van der Waals surface area contributed by atoms with E-state index in [9.17, 15) is 4.79 Å². The van der Waals surface area contributed by atoms with Crippen LogP contribution in [0.15, 0.2) is 28.9 Å². The van der Waals surface area contributed by atoms with Gasteiger partial charge < -0.3 is 20.0 Å². The van der Waals surface area contributed by atoms with Crippen LogP contribution in [0.2, 0.25) is 5.02 Å². The van der Waals surface area contributed by atoms with E-state index >= 15 is 0 Å². The molecule has 5 nitrogen and oxygen atoms in total. The molecule has 2 N–H and O–H groups in total. The van der Waals surface area contributed by atoms with Crippen LogP contribution >= 0.6 is 11.6 Å². The van der Waals surface area contributed by atoms with Crippen LogP contribution in [0, 0.1) is 5.92 Å². The van der Waals surface area contributed by atoms with Crippen LogP contribution in [0.4, 0.5) is 5.69 Å². The Morgan fingerprint density at radius 2 is 2.04 bits per heavy atom. The number of halogens is 1. The number of hydrogen-bond donors (Lipinski definition) is 2. The van der Waals surface area contributed by atoms with E-state index < -0.39 is 0 Å².